The number of amides is 2. The number of rotatable bonds is 7. The number of aryl methyl sites for hydroxylation is 2. The number of aliphatic hydroxyl groups is 1. The van der Waals surface area contributed by atoms with Crippen LogP contribution in [0.2, 0.25) is 0 Å². The summed E-state index contributed by atoms with van der Waals surface area (Å²) in [5.74, 6) is -0.844. The Balaban J connectivity index is 1.86. The summed E-state index contributed by atoms with van der Waals surface area (Å²) in [6.45, 7) is 7.58. The van der Waals surface area contributed by atoms with Crippen LogP contribution in [0.1, 0.15) is 54.1 Å². The highest BCUT2D eigenvalue weighted by Gasteiger charge is 2.19. The van der Waals surface area contributed by atoms with Crippen LogP contribution in [0.15, 0.2) is 48.7 Å². The summed E-state index contributed by atoms with van der Waals surface area (Å²) >= 11 is 0. The van der Waals surface area contributed by atoms with Crippen molar-refractivity contribution in [1.29, 1.82) is 0 Å². The van der Waals surface area contributed by atoms with E-state index in [9.17, 15) is 14.7 Å². The number of nitrogen functional groups attached to an aromatic ring is 1. The van der Waals surface area contributed by atoms with E-state index in [2.05, 4.69) is 20.6 Å². The third-order valence-corrected chi connectivity index (χ3v) is 5.07. The molecule has 2 amide bonds. The van der Waals surface area contributed by atoms with Crippen molar-refractivity contribution in [2.75, 3.05) is 11.1 Å². The molecule has 0 spiro atoms. The molecule has 5 N–H and O–H groups in total. The van der Waals surface area contributed by atoms with E-state index in [0.717, 1.165) is 16.7 Å². The van der Waals surface area contributed by atoms with Gasteiger partial charge in [0.15, 0.2) is 17.6 Å². The van der Waals surface area contributed by atoms with E-state index >= 15 is 0 Å². The standard InChI is InChI=1S/C25H29N5O3/c1-5-16-12-18(29-25(33)22(31)17-8-6-7-15(4)11-17)9-10-19(16)20-13-27-23(26)21(30-20)24(32)28-14(2)3/h6-14,22,31H,5H2,1-4H3,(H2,26,27)(H,28,32)(H,29,33). The van der Waals surface area contributed by atoms with Crippen LogP contribution in [0, 0.1) is 6.92 Å². The highest BCUT2D eigenvalue weighted by atomic mass is 16.3. The second kappa shape index (κ2) is 10.2. The molecule has 8 nitrogen and oxygen atoms in total. The molecule has 1 aromatic heterocycles. The molecule has 0 aliphatic heterocycles. The molecule has 3 rings (SSSR count). The summed E-state index contributed by atoms with van der Waals surface area (Å²) < 4.78 is 0. The van der Waals surface area contributed by atoms with Crippen LogP contribution in [0.25, 0.3) is 11.3 Å². The second-order valence-electron chi connectivity index (χ2n) is 8.15. The fourth-order valence-corrected chi connectivity index (χ4v) is 3.44. The molecule has 3 aromatic rings. The lowest BCUT2D eigenvalue weighted by atomic mass is 10.0. The first-order valence-corrected chi connectivity index (χ1v) is 10.8. The van der Waals surface area contributed by atoms with Crippen LogP contribution >= 0.6 is 0 Å². The monoisotopic (exact) mass is 447 g/mol. The Bertz CT molecular complexity index is 1180. The Morgan fingerprint density at radius 3 is 2.58 bits per heavy atom. The third kappa shape index (κ3) is 5.72. The van der Waals surface area contributed by atoms with Crippen LogP contribution in [0.5, 0.6) is 0 Å². The van der Waals surface area contributed by atoms with Gasteiger partial charge in [0, 0.05) is 17.3 Å². The molecule has 172 valence electrons. The van der Waals surface area contributed by atoms with Crippen molar-refractivity contribution in [3.8, 4) is 11.3 Å². The van der Waals surface area contributed by atoms with E-state index in [-0.39, 0.29) is 23.5 Å². The molecule has 1 atom stereocenters. The van der Waals surface area contributed by atoms with Gasteiger partial charge in [-0.05, 0) is 50.5 Å². The van der Waals surface area contributed by atoms with Crippen LogP contribution in [0.3, 0.4) is 0 Å². The minimum atomic E-state index is -1.28. The average molecular weight is 448 g/mol. The lowest BCUT2D eigenvalue weighted by molar-refractivity contribution is -0.124. The van der Waals surface area contributed by atoms with Gasteiger partial charge in [0.25, 0.3) is 11.8 Å². The number of nitrogens with zero attached hydrogens (tertiary/aromatic N) is 2. The quantitative estimate of drug-likeness (QED) is 0.439. The van der Waals surface area contributed by atoms with Crippen LogP contribution in [0.4, 0.5) is 11.5 Å². The van der Waals surface area contributed by atoms with E-state index in [4.69, 9.17) is 5.73 Å². The zero-order chi connectivity index (χ0) is 24.1. The van der Waals surface area contributed by atoms with Crippen molar-refractivity contribution >= 4 is 23.3 Å². The number of aromatic nitrogens is 2. The first-order chi connectivity index (χ1) is 15.7. The topological polar surface area (TPSA) is 130 Å². The van der Waals surface area contributed by atoms with Crippen molar-refractivity contribution in [2.24, 2.45) is 0 Å². The number of benzene rings is 2. The zero-order valence-corrected chi connectivity index (χ0v) is 19.2. The smallest absolute Gasteiger partial charge is 0.273 e. The van der Waals surface area contributed by atoms with Gasteiger partial charge in [-0.15, -0.1) is 0 Å². The van der Waals surface area contributed by atoms with E-state index in [0.29, 0.717) is 23.4 Å². The highest BCUT2D eigenvalue weighted by Crippen LogP contribution is 2.27. The van der Waals surface area contributed by atoms with Gasteiger partial charge in [0.2, 0.25) is 0 Å². The normalized spacial score (nSPS) is 11.8. The van der Waals surface area contributed by atoms with Gasteiger partial charge in [0.05, 0.1) is 11.9 Å². The molecule has 0 fully saturated rings. The summed E-state index contributed by atoms with van der Waals surface area (Å²) in [6, 6.07) is 12.5. The summed E-state index contributed by atoms with van der Waals surface area (Å²) in [6.07, 6.45) is 0.897. The largest absolute Gasteiger partial charge is 0.382 e. The van der Waals surface area contributed by atoms with Gasteiger partial charge in [-0.1, -0.05) is 42.8 Å². The molecule has 0 aliphatic carbocycles. The fourth-order valence-electron chi connectivity index (χ4n) is 3.44. The number of nitrogens with one attached hydrogen (secondary N) is 2. The molecule has 0 saturated carbocycles. The summed E-state index contributed by atoms with van der Waals surface area (Å²) in [5, 5.41) is 16.0. The second-order valence-corrected chi connectivity index (χ2v) is 8.15. The van der Waals surface area contributed by atoms with Gasteiger partial charge in [-0.3, -0.25) is 9.59 Å². The van der Waals surface area contributed by atoms with Crippen molar-refractivity contribution in [2.45, 2.75) is 46.3 Å². The number of carbonyl (C=O) groups is 2. The maximum absolute atomic E-state index is 12.6. The van der Waals surface area contributed by atoms with Crippen molar-refractivity contribution in [1.82, 2.24) is 15.3 Å². The molecular weight excluding hydrogens is 418 g/mol. The van der Waals surface area contributed by atoms with Gasteiger partial charge in [-0.25, -0.2) is 9.97 Å². The van der Waals surface area contributed by atoms with E-state index in [1.54, 1.807) is 30.3 Å². The van der Waals surface area contributed by atoms with Crippen molar-refractivity contribution in [3.05, 3.63) is 71.0 Å². The Morgan fingerprint density at radius 1 is 1.15 bits per heavy atom. The molecule has 2 aromatic carbocycles. The Hall–Kier alpha value is -3.78. The summed E-state index contributed by atoms with van der Waals surface area (Å²) in [4.78, 5) is 33.6. The maximum atomic E-state index is 12.6. The van der Waals surface area contributed by atoms with Crippen LogP contribution < -0.4 is 16.4 Å². The van der Waals surface area contributed by atoms with E-state index in [1.165, 1.54) is 6.20 Å². The zero-order valence-electron chi connectivity index (χ0n) is 19.2. The number of aliphatic hydroxyl groups excluding tert-OH is 1. The third-order valence-electron chi connectivity index (χ3n) is 5.07. The Morgan fingerprint density at radius 2 is 1.91 bits per heavy atom. The van der Waals surface area contributed by atoms with Gasteiger partial charge in [-0.2, -0.15) is 0 Å². The molecule has 33 heavy (non-hydrogen) atoms. The van der Waals surface area contributed by atoms with E-state index in [1.807, 2.05) is 39.8 Å². The Kier molecular flexibility index (Phi) is 7.40. The molecular formula is C25H29N5O3. The SMILES string of the molecule is CCc1cc(NC(=O)C(O)c2cccc(C)c2)ccc1-c1cnc(N)c(C(=O)NC(C)C)n1. The number of hydrogen-bond donors (Lipinski definition) is 4. The predicted octanol–water partition coefficient (Wildman–Crippen LogP) is 3.41. The minimum Gasteiger partial charge on any atom is -0.382 e. The first kappa shape index (κ1) is 23.9. The van der Waals surface area contributed by atoms with Gasteiger partial charge < -0.3 is 21.5 Å². The molecule has 0 radical (unpaired) electrons. The van der Waals surface area contributed by atoms with E-state index < -0.39 is 12.0 Å². The van der Waals surface area contributed by atoms with Gasteiger partial charge in [0.1, 0.15) is 0 Å². The minimum absolute atomic E-state index is 0.0592. The number of carbonyl (C=O) groups excluding carboxylic acids is 2. The number of hydrogen-bond acceptors (Lipinski definition) is 6. The van der Waals surface area contributed by atoms with Crippen molar-refractivity contribution < 1.29 is 14.7 Å². The summed E-state index contributed by atoms with van der Waals surface area (Å²) in [5.41, 5.74) is 10.2. The maximum Gasteiger partial charge on any atom is 0.273 e. The summed E-state index contributed by atoms with van der Waals surface area (Å²) in [7, 11) is 0. The van der Waals surface area contributed by atoms with Crippen molar-refractivity contribution in [3.63, 3.8) is 0 Å². The molecule has 1 heterocycles. The van der Waals surface area contributed by atoms with Gasteiger partial charge >= 0.3 is 0 Å². The predicted molar refractivity (Wildman–Crippen MR) is 129 cm³/mol. The molecule has 0 aliphatic rings. The first-order valence-electron chi connectivity index (χ1n) is 10.8. The molecule has 8 heteroatoms. The highest BCUT2D eigenvalue weighted by molar-refractivity contribution is 5.97. The van der Waals surface area contributed by atoms with Crippen LogP contribution in [-0.4, -0.2) is 32.9 Å². The average Bonchev–Trinajstić information content (AvgIpc) is 2.78. The lowest BCUT2D eigenvalue weighted by Crippen LogP contribution is -2.31. The number of anilines is 2. The fraction of sp³-hybridized carbons (Fsp3) is 0.280. The molecule has 0 bridgehead atoms. The molecule has 0 saturated heterocycles. The lowest BCUT2D eigenvalue weighted by Gasteiger charge is -2.15. The van der Waals surface area contributed by atoms with Crippen LogP contribution in [-0.2, 0) is 11.2 Å². The molecule has 1 unspecified atom stereocenters. The Labute approximate surface area is 193 Å². The number of nitrogens with two attached hydrogens (primary N) is 1.